The van der Waals surface area contributed by atoms with E-state index in [2.05, 4.69) is 13.0 Å². The number of rotatable bonds is 6. The molecule has 4 nitrogen and oxygen atoms in total. The minimum absolute atomic E-state index is 0.132. The highest BCUT2D eigenvalue weighted by Crippen LogP contribution is 2.30. The number of halogens is 1. The molecule has 1 atom stereocenters. The van der Waals surface area contributed by atoms with Gasteiger partial charge in [0.05, 0.1) is 20.8 Å². The third kappa shape index (κ3) is 3.74. The van der Waals surface area contributed by atoms with Crippen LogP contribution >= 0.6 is 11.6 Å². The number of ether oxygens (including phenoxy) is 2. The second-order valence-corrected chi connectivity index (χ2v) is 5.81. The third-order valence-corrected chi connectivity index (χ3v) is 3.98. The summed E-state index contributed by atoms with van der Waals surface area (Å²) in [5.41, 5.74) is 1.95. The van der Waals surface area contributed by atoms with Crippen molar-refractivity contribution in [3.05, 3.63) is 35.5 Å². The lowest BCUT2D eigenvalue weighted by Crippen LogP contribution is -2.34. The molecule has 22 heavy (non-hydrogen) atoms. The van der Waals surface area contributed by atoms with Crippen molar-refractivity contribution in [3.8, 4) is 11.5 Å². The normalized spacial score (nSPS) is 18.2. The predicted octanol–water partition coefficient (Wildman–Crippen LogP) is 3.59. The summed E-state index contributed by atoms with van der Waals surface area (Å²) < 4.78 is 10.6. The van der Waals surface area contributed by atoms with Gasteiger partial charge in [-0.25, -0.2) is 0 Å². The average Bonchev–Trinajstić information content (AvgIpc) is 2.51. The van der Waals surface area contributed by atoms with Gasteiger partial charge >= 0.3 is 0 Å². The van der Waals surface area contributed by atoms with Crippen LogP contribution < -0.4 is 9.47 Å². The van der Waals surface area contributed by atoms with Crippen LogP contribution in [0.25, 0.3) is 0 Å². The zero-order valence-corrected chi connectivity index (χ0v) is 14.0. The van der Waals surface area contributed by atoms with E-state index in [9.17, 15) is 4.79 Å². The molecule has 0 N–H and O–H groups in total. The molecule has 1 aliphatic heterocycles. The highest BCUT2D eigenvalue weighted by atomic mass is 35.5. The van der Waals surface area contributed by atoms with E-state index in [1.165, 1.54) is 0 Å². The van der Waals surface area contributed by atoms with E-state index < -0.39 is 0 Å². The van der Waals surface area contributed by atoms with Crippen molar-refractivity contribution in [1.82, 2.24) is 4.90 Å². The Labute approximate surface area is 136 Å². The van der Waals surface area contributed by atoms with Gasteiger partial charge in [-0.2, -0.15) is 0 Å². The van der Waals surface area contributed by atoms with Crippen molar-refractivity contribution in [2.75, 3.05) is 20.1 Å². The molecule has 1 heterocycles. The van der Waals surface area contributed by atoms with Crippen molar-refractivity contribution < 1.29 is 14.3 Å². The molecule has 0 saturated heterocycles. The molecule has 1 unspecified atom stereocenters. The van der Waals surface area contributed by atoms with Crippen molar-refractivity contribution in [1.29, 1.82) is 0 Å². The molecular weight excluding hydrogens is 302 g/mol. The van der Waals surface area contributed by atoms with Gasteiger partial charge in [-0.1, -0.05) is 13.0 Å². The highest BCUT2D eigenvalue weighted by Gasteiger charge is 2.25. The van der Waals surface area contributed by atoms with Crippen LogP contribution in [0, 0.1) is 5.92 Å². The molecule has 120 valence electrons. The summed E-state index contributed by atoms with van der Waals surface area (Å²) in [5, 5.41) is 0. The monoisotopic (exact) mass is 323 g/mol. The summed E-state index contributed by atoms with van der Waals surface area (Å²) in [6, 6.07) is 5.64. The van der Waals surface area contributed by atoms with Gasteiger partial charge in [-0.15, -0.1) is 11.6 Å². The van der Waals surface area contributed by atoms with Crippen LogP contribution in [0.1, 0.15) is 25.3 Å². The minimum Gasteiger partial charge on any atom is -0.497 e. The maximum Gasteiger partial charge on any atom is 0.227 e. The first-order valence-electron chi connectivity index (χ1n) is 7.37. The zero-order valence-electron chi connectivity index (χ0n) is 13.3. The second-order valence-electron chi connectivity index (χ2n) is 5.44. The second kappa shape index (κ2) is 7.54. The van der Waals surface area contributed by atoms with Crippen LogP contribution in [0.5, 0.6) is 11.5 Å². The molecule has 2 rings (SSSR count). The molecule has 0 fully saturated rings. The fourth-order valence-corrected chi connectivity index (χ4v) is 2.87. The van der Waals surface area contributed by atoms with E-state index in [-0.39, 0.29) is 11.8 Å². The van der Waals surface area contributed by atoms with E-state index in [1.807, 2.05) is 23.1 Å². The lowest BCUT2D eigenvalue weighted by Gasteiger charge is -2.31. The predicted molar refractivity (Wildman–Crippen MR) is 87.3 cm³/mol. The van der Waals surface area contributed by atoms with Gasteiger partial charge in [-0.05, 0) is 18.1 Å². The molecule has 1 aromatic rings. The van der Waals surface area contributed by atoms with Crippen molar-refractivity contribution in [2.24, 2.45) is 5.92 Å². The number of amides is 1. The van der Waals surface area contributed by atoms with Crippen LogP contribution in [0.4, 0.5) is 0 Å². The first kappa shape index (κ1) is 16.7. The van der Waals surface area contributed by atoms with Crippen LogP contribution in [0.3, 0.4) is 0 Å². The Morgan fingerprint density at radius 3 is 2.73 bits per heavy atom. The number of allylic oxidation sites excluding steroid dienone is 2. The lowest BCUT2D eigenvalue weighted by atomic mass is 9.98. The van der Waals surface area contributed by atoms with E-state index in [1.54, 1.807) is 14.2 Å². The third-order valence-electron chi connectivity index (χ3n) is 3.79. The van der Waals surface area contributed by atoms with Gasteiger partial charge in [0.2, 0.25) is 5.91 Å². The zero-order chi connectivity index (χ0) is 16.1. The first-order chi connectivity index (χ1) is 10.6. The number of hydrogen-bond donors (Lipinski definition) is 0. The lowest BCUT2D eigenvalue weighted by molar-refractivity contribution is -0.131. The molecule has 0 radical (unpaired) electrons. The number of alkyl halides is 1. The fraction of sp³-hybridized carbons (Fsp3) is 0.471. The van der Waals surface area contributed by atoms with Crippen LogP contribution in [-0.4, -0.2) is 30.9 Å². The molecular formula is C17H22ClNO3. The summed E-state index contributed by atoms with van der Waals surface area (Å²) in [7, 11) is 3.24. The molecule has 1 aromatic carbocycles. The molecule has 0 aromatic heterocycles. The molecule has 0 spiro atoms. The van der Waals surface area contributed by atoms with E-state index in [0.717, 1.165) is 22.8 Å². The first-order valence-corrected chi connectivity index (χ1v) is 7.90. The van der Waals surface area contributed by atoms with Gasteiger partial charge in [0.15, 0.2) is 0 Å². The Morgan fingerprint density at radius 2 is 2.09 bits per heavy atom. The molecule has 0 aliphatic carbocycles. The number of methoxy groups -OCH3 is 2. The number of benzene rings is 1. The number of hydrogen-bond acceptors (Lipinski definition) is 3. The fourth-order valence-electron chi connectivity index (χ4n) is 2.68. The van der Waals surface area contributed by atoms with Gasteiger partial charge < -0.3 is 14.4 Å². The quantitative estimate of drug-likeness (QED) is 0.751. The molecule has 0 saturated carbocycles. The van der Waals surface area contributed by atoms with Crippen molar-refractivity contribution in [3.63, 3.8) is 0 Å². The Hall–Kier alpha value is -1.68. The summed E-state index contributed by atoms with van der Waals surface area (Å²) in [6.45, 7) is 2.54. The molecule has 5 heteroatoms. The van der Waals surface area contributed by atoms with Crippen molar-refractivity contribution >= 4 is 17.5 Å². The Bertz CT molecular complexity index is 571. The number of carbonyl (C=O) groups excluding carboxylic acids is 1. The van der Waals surface area contributed by atoms with E-state index in [0.29, 0.717) is 25.3 Å². The van der Waals surface area contributed by atoms with Crippen LogP contribution in [0.2, 0.25) is 0 Å². The SMILES string of the molecule is COc1ccc(CN2C(=O)CC(C)C=C2CCCl)c(OC)c1. The largest absolute Gasteiger partial charge is 0.497 e. The summed E-state index contributed by atoms with van der Waals surface area (Å²) in [5.74, 6) is 2.35. The van der Waals surface area contributed by atoms with Gasteiger partial charge in [0.1, 0.15) is 11.5 Å². The maximum atomic E-state index is 12.4. The minimum atomic E-state index is 0.132. The van der Waals surface area contributed by atoms with Crippen LogP contribution in [0.15, 0.2) is 30.0 Å². The topological polar surface area (TPSA) is 38.8 Å². The Kier molecular flexibility index (Phi) is 5.72. The standard InChI is InChI=1S/C17H22ClNO3/c1-12-8-14(6-7-18)19(17(20)9-12)11-13-4-5-15(21-2)10-16(13)22-3/h4-5,8,10,12H,6-7,9,11H2,1-3H3. The molecule has 0 bridgehead atoms. The van der Waals surface area contributed by atoms with E-state index >= 15 is 0 Å². The van der Waals surface area contributed by atoms with Crippen LogP contribution in [-0.2, 0) is 11.3 Å². The molecule has 1 aliphatic rings. The summed E-state index contributed by atoms with van der Waals surface area (Å²) in [6.07, 6.45) is 3.36. The summed E-state index contributed by atoms with van der Waals surface area (Å²) in [4.78, 5) is 14.2. The van der Waals surface area contributed by atoms with E-state index in [4.69, 9.17) is 21.1 Å². The Balaban J connectivity index is 2.27. The molecule has 1 amide bonds. The highest BCUT2D eigenvalue weighted by molar-refractivity contribution is 6.18. The van der Waals surface area contributed by atoms with Crippen molar-refractivity contribution in [2.45, 2.75) is 26.3 Å². The average molecular weight is 324 g/mol. The maximum absolute atomic E-state index is 12.4. The van der Waals surface area contributed by atoms with Gasteiger partial charge in [0, 0.05) is 36.0 Å². The van der Waals surface area contributed by atoms with Gasteiger partial charge in [-0.3, -0.25) is 4.79 Å². The van der Waals surface area contributed by atoms with Gasteiger partial charge in [0.25, 0.3) is 0 Å². The summed E-state index contributed by atoms with van der Waals surface area (Å²) >= 11 is 5.88. The smallest absolute Gasteiger partial charge is 0.227 e. The Morgan fingerprint density at radius 1 is 1.32 bits per heavy atom. The number of carbonyl (C=O) groups is 1. The number of nitrogens with zero attached hydrogens (tertiary/aromatic N) is 1.